The lowest BCUT2D eigenvalue weighted by Crippen LogP contribution is -2.32. The zero-order chi connectivity index (χ0) is 11.0. The Hall–Kier alpha value is -0.870. The van der Waals surface area contributed by atoms with E-state index in [1.807, 2.05) is 13.8 Å². The van der Waals surface area contributed by atoms with E-state index >= 15 is 0 Å². The number of rotatable bonds is 7. The largest absolute Gasteiger partial charge is 0.461 e. The molecule has 0 fully saturated rings. The van der Waals surface area contributed by atoms with Crippen molar-refractivity contribution >= 4 is 5.97 Å². The Morgan fingerprint density at radius 2 is 2.21 bits per heavy atom. The van der Waals surface area contributed by atoms with Gasteiger partial charge in [-0.2, -0.15) is 0 Å². The number of esters is 1. The number of nitrogens with one attached hydrogen (secondary N) is 1. The van der Waals surface area contributed by atoms with Crippen LogP contribution in [0.4, 0.5) is 0 Å². The summed E-state index contributed by atoms with van der Waals surface area (Å²) >= 11 is 0. The first-order chi connectivity index (χ1) is 6.57. The average Bonchev–Trinajstić information content (AvgIpc) is 2.12. The third-order valence-electron chi connectivity index (χ3n) is 1.53. The molecule has 0 aromatic heterocycles. The van der Waals surface area contributed by atoms with E-state index in [9.17, 15) is 4.79 Å². The van der Waals surface area contributed by atoms with Crippen molar-refractivity contribution in [2.45, 2.75) is 27.0 Å². The van der Waals surface area contributed by atoms with E-state index in [1.165, 1.54) is 0 Å². The van der Waals surface area contributed by atoms with Crippen LogP contribution >= 0.6 is 0 Å². The SMILES string of the molecule is C=C(C)C(=O)OCCNC(C)OCC. The maximum Gasteiger partial charge on any atom is 0.333 e. The molecule has 1 unspecified atom stereocenters. The first-order valence-electron chi connectivity index (χ1n) is 4.75. The molecular formula is C10H19NO3. The molecule has 4 heteroatoms. The Kier molecular flexibility index (Phi) is 7.06. The number of hydrogen-bond acceptors (Lipinski definition) is 4. The van der Waals surface area contributed by atoms with Crippen LogP contribution in [0.15, 0.2) is 12.2 Å². The number of ether oxygens (including phenoxy) is 2. The van der Waals surface area contributed by atoms with Gasteiger partial charge in [0.2, 0.25) is 0 Å². The van der Waals surface area contributed by atoms with Gasteiger partial charge < -0.3 is 9.47 Å². The van der Waals surface area contributed by atoms with Crippen LogP contribution in [-0.4, -0.2) is 32.0 Å². The monoisotopic (exact) mass is 201 g/mol. The van der Waals surface area contributed by atoms with Gasteiger partial charge in [0.15, 0.2) is 0 Å². The second kappa shape index (κ2) is 7.53. The Labute approximate surface area is 85.3 Å². The van der Waals surface area contributed by atoms with Crippen molar-refractivity contribution < 1.29 is 14.3 Å². The second-order valence-electron chi connectivity index (χ2n) is 2.97. The molecule has 0 aromatic carbocycles. The normalized spacial score (nSPS) is 12.2. The Morgan fingerprint density at radius 1 is 1.57 bits per heavy atom. The van der Waals surface area contributed by atoms with E-state index in [-0.39, 0.29) is 12.2 Å². The summed E-state index contributed by atoms with van der Waals surface area (Å²) in [5, 5.41) is 3.05. The minimum Gasteiger partial charge on any atom is -0.461 e. The standard InChI is InChI=1S/C10H19NO3/c1-5-13-9(4)11-6-7-14-10(12)8(2)3/h9,11H,2,5-7H2,1,3-4H3. The Bertz CT molecular complexity index is 192. The maximum atomic E-state index is 10.9. The molecule has 0 bridgehead atoms. The van der Waals surface area contributed by atoms with Gasteiger partial charge in [0.05, 0.1) is 0 Å². The fourth-order valence-corrected chi connectivity index (χ4v) is 0.838. The lowest BCUT2D eigenvalue weighted by Gasteiger charge is -2.13. The zero-order valence-electron chi connectivity index (χ0n) is 9.13. The van der Waals surface area contributed by atoms with Crippen molar-refractivity contribution in [2.24, 2.45) is 0 Å². The Morgan fingerprint density at radius 3 is 2.71 bits per heavy atom. The summed E-state index contributed by atoms with van der Waals surface area (Å²) in [5.74, 6) is -0.351. The molecule has 0 aliphatic heterocycles. The minimum atomic E-state index is -0.351. The lowest BCUT2D eigenvalue weighted by molar-refractivity contribution is -0.139. The summed E-state index contributed by atoms with van der Waals surface area (Å²) in [4.78, 5) is 10.9. The molecule has 1 N–H and O–H groups in total. The topological polar surface area (TPSA) is 47.6 Å². The molecule has 0 spiro atoms. The highest BCUT2D eigenvalue weighted by Crippen LogP contribution is 1.91. The quantitative estimate of drug-likeness (QED) is 0.290. The van der Waals surface area contributed by atoms with Crippen LogP contribution < -0.4 is 5.32 Å². The summed E-state index contributed by atoms with van der Waals surface area (Å²) in [7, 11) is 0. The van der Waals surface area contributed by atoms with E-state index < -0.39 is 0 Å². The van der Waals surface area contributed by atoms with E-state index in [4.69, 9.17) is 9.47 Å². The van der Waals surface area contributed by atoms with Crippen LogP contribution in [0.1, 0.15) is 20.8 Å². The molecule has 0 aromatic rings. The molecule has 0 amide bonds. The van der Waals surface area contributed by atoms with Gasteiger partial charge in [-0.15, -0.1) is 0 Å². The van der Waals surface area contributed by atoms with Gasteiger partial charge in [-0.3, -0.25) is 5.32 Å². The highest BCUT2D eigenvalue weighted by molar-refractivity contribution is 5.86. The highest BCUT2D eigenvalue weighted by Gasteiger charge is 2.03. The van der Waals surface area contributed by atoms with E-state index in [2.05, 4.69) is 11.9 Å². The van der Waals surface area contributed by atoms with Crippen molar-refractivity contribution in [1.82, 2.24) is 5.32 Å². The minimum absolute atomic E-state index is 0.0106. The maximum absolute atomic E-state index is 10.9. The van der Waals surface area contributed by atoms with Gasteiger partial charge in [0, 0.05) is 18.7 Å². The van der Waals surface area contributed by atoms with Gasteiger partial charge in [-0.1, -0.05) is 6.58 Å². The molecule has 0 rings (SSSR count). The molecule has 1 atom stereocenters. The van der Waals surface area contributed by atoms with Gasteiger partial charge in [-0.25, -0.2) is 4.79 Å². The molecular weight excluding hydrogens is 182 g/mol. The van der Waals surface area contributed by atoms with E-state index in [1.54, 1.807) is 6.92 Å². The zero-order valence-corrected chi connectivity index (χ0v) is 9.13. The number of carbonyl (C=O) groups excluding carboxylic acids is 1. The number of hydrogen-bond donors (Lipinski definition) is 1. The van der Waals surface area contributed by atoms with Crippen molar-refractivity contribution in [3.8, 4) is 0 Å². The number of carbonyl (C=O) groups is 1. The predicted molar refractivity (Wildman–Crippen MR) is 54.9 cm³/mol. The molecule has 0 aliphatic carbocycles. The first kappa shape index (κ1) is 13.1. The third-order valence-corrected chi connectivity index (χ3v) is 1.53. The Balaban J connectivity index is 3.37. The van der Waals surface area contributed by atoms with Crippen LogP contribution in [-0.2, 0) is 14.3 Å². The van der Waals surface area contributed by atoms with Crippen molar-refractivity contribution in [3.05, 3.63) is 12.2 Å². The lowest BCUT2D eigenvalue weighted by atomic mass is 10.4. The summed E-state index contributed by atoms with van der Waals surface area (Å²) in [6.07, 6.45) is -0.0106. The van der Waals surface area contributed by atoms with Crippen molar-refractivity contribution in [2.75, 3.05) is 19.8 Å². The molecule has 0 radical (unpaired) electrons. The van der Waals surface area contributed by atoms with Gasteiger partial charge in [-0.05, 0) is 20.8 Å². The molecule has 0 saturated heterocycles. The van der Waals surface area contributed by atoms with Crippen LogP contribution in [0.25, 0.3) is 0 Å². The summed E-state index contributed by atoms with van der Waals surface area (Å²) in [6.45, 7) is 10.5. The van der Waals surface area contributed by atoms with Gasteiger partial charge >= 0.3 is 5.97 Å². The first-order valence-corrected chi connectivity index (χ1v) is 4.75. The van der Waals surface area contributed by atoms with Crippen LogP contribution in [0, 0.1) is 0 Å². The summed E-state index contributed by atoms with van der Waals surface area (Å²) < 4.78 is 10.1. The van der Waals surface area contributed by atoms with Crippen LogP contribution in [0.3, 0.4) is 0 Å². The summed E-state index contributed by atoms with van der Waals surface area (Å²) in [5.41, 5.74) is 0.419. The fraction of sp³-hybridized carbons (Fsp3) is 0.700. The molecule has 0 aliphatic rings. The van der Waals surface area contributed by atoms with Crippen LogP contribution in [0.2, 0.25) is 0 Å². The molecule has 4 nitrogen and oxygen atoms in total. The van der Waals surface area contributed by atoms with E-state index in [0.717, 1.165) is 0 Å². The fourth-order valence-electron chi connectivity index (χ4n) is 0.838. The highest BCUT2D eigenvalue weighted by atomic mass is 16.5. The predicted octanol–water partition coefficient (Wildman–Crippen LogP) is 1.08. The second-order valence-corrected chi connectivity index (χ2v) is 2.97. The third kappa shape index (κ3) is 6.62. The molecule has 0 heterocycles. The average molecular weight is 201 g/mol. The van der Waals surface area contributed by atoms with Gasteiger partial charge in [0.25, 0.3) is 0 Å². The van der Waals surface area contributed by atoms with Crippen LogP contribution in [0.5, 0.6) is 0 Å². The van der Waals surface area contributed by atoms with Gasteiger partial charge in [0.1, 0.15) is 12.8 Å². The van der Waals surface area contributed by atoms with Crippen molar-refractivity contribution in [1.29, 1.82) is 0 Å². The molecule has 0 saturated carbocycles. The van der Waals surface area contributed by atoms with Crippen molar-refractivity contribution in [3.63, 3.8) is 0 Å². The molecule has 82 valence electrons. The smallest absolute Gasteiger partial charge is 0.333 e. The summed E-state index contributed by atoms with van der Waals surface area (Å²) in [6, 6.07) is 0. The van der Waals surface area contributed by atoms with E-state index in [0.29, 0.717) is 25.3 Å². The molecule has 14 heavy (non-hydrogen) atoms.